The predicted octanol–water partition coefficient (Wildman–Crippen LogP) is 5.12. The van der Waals surface area contributed by atoms with Crippen LogP contribution >= 0.6 is 0 Å². The molecule has 1 aromatic carbocycles. The van der Waals surface area contributed by atoms with Crippen LogP contribution < -0.4 is 0 Å². The summed E-state index contributed by atoms with van der Waals surface area (Å²) in [6, 6.07) is 6.97. The molecule has 4 atom stereocenters. The minimum atomic E-state index is -4.34. The zero-order chi connectivity index (χ0) is 14.7. The quantitative estimate of drug-likeness (QED) is 0.646. The predicted molar refractivity (Wildman–Crippen MR) is 72.7 cm³/mol. The van der Waals surface area contributed by atoms with Crippen molar-refractivity contribution in [3.05, 3.63) is 35.4 Å². The van der Waals surface area contributed by atoms with E-state index < -0.39 is 17.7 Å². The summed E-state index contributed by atoms with van der Waals surface area (Å²) in [4.78, 5) is 0. The normalized spacial score (nSPS) is 38.5. The number of hydrogen-bond acceptors (Lipinski definition) is 1. The van der Waals surface area contributed by atoms with Crippen LogP contribution in [-0.2, 0) is 10.3 Å². The molecule has 2 heterocycles. The lowest BCUT2D eigenvalue weighted by molar-refractivity contribution is -0.284. The van der Waals surface area contributed by atoms with Gasteiger partial charge >= 0.3 is 6.18 Å². The Bertz CT molecular complexity index is 553. The molecule has 2 fully saturated rings. The summed E-state index contributed by atoms with van der Waals surface area (Å²) in [6.45, 7) is 0. The van der Waals surface area contributed by atoms with E-state index in [1.807, 2.05) is 12.1 Å². The molecule has 2 aliphatic heterocycles. The highest BCUT2D eigenvalue weighted by Crippen LogP contribution is 2.68. The Kier molecular flexibility index (Phi) is 2.91. The third kappa shape index (κ3) is 1.68. The van der Waals surface area contributed by atoms with Crippen LogP contribution in [0.15, 0.2) is 24.3 Å². The van der Waals surface area contributed by atoms with Crippen LogP contribution in [-0.4, -0.2) is 6.18 Å². The van der Waals surface area contributed by atoms with Gasteiger partial charge in [0.1, 0.15) is 0 Å². The van der Waals surface area contributed by atoms with Crippen LogP contribution in [0, 0.1) is 11.8 Å². The highest BCUT2D eigenvalue weighted by Gasteiger charge is 2.73. The maximum atomic E-state index is 14.0. The Morgan fingerprint density at radius 2 is 1.71 bits per heavy atom. The van der Waals surface area contributed by atoms with E-state index in [0.717, 1.165) is 37.7 Å². The molecular weight excluding hydrogens is 277 g/mol. The van der Waals surface area contributed by atoms with E-state index in [1.54, 1.807) is 12.1 Å². The largest absolute Gasteiger partial charge is 0.422 e. The molecule has 2 bridgehead atoms. The zero-order valence-corrected chi connectivity index (χ0v) is 11.8. The highest BCUT2D eigenvalue weighted by atomic mass is 19.4. The van der Waals surface area contributed by atoms with Crippen molar-refractivity contribution in [3.8, 4) is 0 Å². The van der Waals surface area contributed by atoms with Gasteiger partial charge in [-0.05, 0) is 29.9 Å². The van der Waals surface area contributed by atoms with E-state index in [-0.39, 0.29) is 12.0 Å². The van der Waals surface area contributed by atoms with E-state index >= 15 is 0 Å². The minimum absolute atomic E-state index is 0.0295. The van der Waals surface area contributed by atoms with Crippen LogP contribution in [0.5, 0.6) is 0 Å². The van der Waals surface area contributed by atoms with Crippen molar-refractivity contribution in [1.29, 1.82) is 0 Å². The second-order valence-electron chi connectivity index (χ2n) is 6.62. The van der Waals surface area contributed by atoms with Crippen molar-refractivity contribution in [1.82, 2.24) is 0 Å². The second kappa shape index (κ2) is 4.48. The van der Waals surface area contributed by atoms with Crippen LogP contribution in [0.4, 0.5) is 13.2 Å². The minimum Gasteiger partial charge on any atom is -0.352 e. The standard InChI is InChI=1S/C17H19F3O/c18-17(19,20)16-13-9-4-2-1-3-7-11(13)15(21-16)12-8-5-6-10-14(12)16/h5-6,8,10-11,13,15H,1-4,7,9H2. The Morgan fingerprint density at radius 3 is 2.48 bits per heavy atom. The van der Waals surface area contributed by atoms with Crippen molar-refractivity contribution in [2.75, 3.05) is 0 Å². The van der Waals surface area contributed by atoms with E-state index in [4.69, 9.17) is 4.74 Å². The molecule has 4 heteroatoms. The molecule has 0 aromatic heterocycles. The average molecular weight is 296 g/mol. The molecule has 0 radical (unpaired) electrons. The Morgan fingerprint density at radius 1 is 1.00 bits per heavy atom. The molecule has 0 amide bonds. The van der Waals surface area contributed by atoms with Crippen molar-refractivity contribution >= 4 is 0 Å². The third-order valence-electron chi connectivity index (χ3n) is 5.63. The molecular formula is C17H19F3O. The van der Waals surface area contributed by atoms with Gasteiger partial charge in [-0.15, -0.1) is 0 Å². The monoisotopic (exact) mass is 296 g/mol. The Hall–Kier alpha value is -1.03. The number of hydrogen-bond donors (Lipinski definition) is 0. The van der Waals surface area contributed by atoms with Crippen LogP contribution in [0.1, 0.15) is 55.8 Å². The first-order valence-corrected chi connectivity index (χ1v) is 7.89. The van der Waals surface area contributed by atoms with E-state index in [9.17, 15) is 13.2 Å². The number of halogens is 3. The van der Waals surface area contributed by atoms with E-state index in [1.165, 1.54) is 0 Å². The first-order valence-electron chi connectivity index (χ1n) is 7.89. The number of ether oxygens (including phenoxy) is 1. The Labute approximate surface area is 122 Å². The van der Waals surface area contributed by atoms with Crippen LogP contribution in [0.25, 0.3) is 0 Å². The molecule has 1 nitrogen and oxygen atoms in total. The maximum Gasteiger partial charge on any atom is 0.422 e. The lowest BCUT2D eigenvalue weighted by Crippen LogP contribution is -2.48. The number of rotatable bonds is 0. The fourth-order valence-corrected chi connectivity index (χ4v) is 4.83. The molecule has 1 saturated carbocycles. The number of alkyl halides is 3. The highest BCUT2D eigenvalue weighted by molar-refractivity contribution is 5.44. The molecule has 21 heavy (non-hydrogen) atoms. The smallest absolute Gasteiger partial charge is 0.352 e. The lowest BCUT2D eigenvalue weighted by Gasteiger charge is -2.39. The van der Waals surface area contributed by atoms with Gasteiger partial charge in [0.15, 0.2) is 5.60 Å². The summed E-state index contributed by atoms with van der Waals surface area (Å²) < 4.78 is 47.7. The van der Waals surface area contributed by atoms with Crippen molar-refractivity contribution < 1.29 is 17.9 Å². The molecule has 1 saturated heterocycles. The van der Waals surface area contributed by atoms with Gasteiger partial charge in [0.25, 0.3) is 0 Å². The lowest BCUT2D eigenvalue weighted by atomic mass is 9.64. The fourth-order valence-electron chi connectivity index (χ4n) is 4.83. The molecule has 4 unspecified atom stereocenters. The summed E-state index contributed by atoms with van der Waals surface area (Å²) in [5, 5.41) is 0. The van der Waals surface area contributed by atoms with Crippen LogP contribution in [0.2, 0.25) is 0 Å². The fraction of sp³-hybridized carbons (Fsp3) is 0.647. The van der Waals surface area contributed by atoms with E-state index in [2.05, 4.69) is 0 Å². The molecule has 114 valence electrons. The molecule has 0 N–H and O–H groups in total. The van der Waals surface area contributed by atoms with Crippen molar-refractivity contribution in [2.24, 2.45) is 11.8 Å². The maximum absolute atomic E-state index is 14.0. The van der Waals surface area contributed by atoms with E-state index in [0.29, 0.717) is 12.0 Å². The summed E-state index contributed by atoms with van der Waals surface area (Å²) in [5.74, 6) is -0.375. The molecule has 0 spiro atoms. The summed E-state index contributed by atoms with van der Waals surface area (Å²) in [6.07, 6.45) is 0.896. The SMILES string of the molecule is FC(F)(F)C12OC(c3ccccc31)C1CCCCCCC12. The average Bonchev–Trinajstić information content (AvgIpc) is 2.90. The number of fused-ring (bicyclic) bond motifs is 8. The van der Waals surface area contributed by atoms with Gasteiger partial charge in [0.2, 0.25) is 0 Å². The molecule has 3 aliphatic rings. The molecule has 1 aliphatic carbocycles. The number of benzene rings is 1. The summed E-state index contributed by atoms with van der Waals surface area (Å²) >= 11 is 0. The molecule has 4 rings (SSSR count). The first-order chi connectivity index (χ1) is 10.1. The van der Waals surface area contributed by atoms with Crippen molar-refractivity contribution in [2.45, 2.75) is 56.4 Å². The van der Waals surface area contributed by atoms with Crippen LogP contribution in [0.3, 0.4) is 0 Å². The van der Waals surface area contributed by atoms with Gasteiger partial charge in [-0.3, -0.25) is 0 Å². The van der Waals surface area contributed by atoms with Gasteiger partial charge in [-0.25, -0.2) is 0 Å². The first kappa shape index (κ1) is 13.6. The van der Waals surface area contributed by atoms with Crippen molar-refractivity contribution in [3.63, 3.8) is 0 Å². The Balaban J connectivity index is 1.88. The van der Waals surface area contributed by atoms with Gasteiger partial charge in [0, 0.05) is 5.92 Å². The molecule has 1 aromatic rings. The topological polar surface area (TPSA) is 9.23 Å². The van der Waals surface area contributed by atoms with Gasteiger partial charge in [-0.2, -0.15) is 13.2 Å². The zero-order valence-electron chi connectivity index (χ0n) is 11.8. The third-order valence-corrected chi connectivity index (χ3v) is 5.63. The van der Waals surface area contributed by atoms with Gasteiger partial charge in [0.05, 0.1) is 6.10 Å². The van der Waals surface area contributed by atoms with Gasteiger partial charge < -0.3 is 4.74 Å². The summed E-state index contributed by atoms with van der Waals surface area (Å²) in [5.41, 5.74) is -0.892. The second-order valence-corrected chi connectivity index (χ2v) is 6.62. The van der Waals surface area contributed by atoms with Gasteiger partial charge in [-0.1, -0.05) is 49.9 Å². The summed E-state index contributed by atoms with van der Waals surface area (Å²) in [7, 11) is 0.